The Hall–Kier alpha value is -1.73. The number of aliphatic hydroxyl groups excluding tert-OH is 4. The van der Waals surface area contributed by atoms with Crippen LogP contribution in [0.4, 0.5) is 0 Å². The molecule has 0 aromatic heterocycles. The zero-order valence-electron chi connectivity index (χ0n) is 43.9. The van der Waals surface area contributed by atoms with Gasteiger partial charge in [0.15, 0.2) is 0 Å². The van der Waals surface area contributed by atoms with Gasteiger partial charge in [-0.15, -0.1) is 0 Å². The number of allylic oxidation sites excluding steroid dienone is 8. The monoisotopic (exact) mass is 928 g/mol. The van der Waals surface area contributed by atoms with E-state index in [9.17, 15) is 25.2 Å². The lowest BCUT2D eigenvalue weighted by atomic mass is 10.00. The molecule has 6 heteroatoms. The molecule has 0 aliphatic heterocycles. The average molecular weight is 929 g/mol. The van der Waals surface area contributed by atoms with Crippen LogP contribution < -0.4 is 5.32 Å². The molecule has 0 aliphatic rings. The Kier molecular flexibility index (Phi) is 52.8. The van der Waals surface area contributed by atoms with Crippen LogP contribution in [-0.4, -0.2) is 57.3 Å². The summed E-state index contributed by atoms with van der Waals surface area (Å²) in [7, 11) is 0. The summed E-state index contributed by atoms with van der Waals surface area (Å²) in [6.45, 7) is 4.06. The van der Waals surface area contributed by atoms with Crippen LogP contribution in [-0.2, 0) is 4.79 Å². The number of rotatable bonds is 53. The largest absolute Gasteiger partial charge is 0.394 e. The molecule has 0 bridgehead atoms. The number of aliphatic hydroxyl groups is 4. The maximum absolute atomic E-state index is 12.6. The Morgan fingerprint density at radius 3 is 0.955 bits per heavy atom. The van der Waals surface area contributed by atoms with Crippen LogP contribution in [0.25, 0.3) is 0 Å². The third-order valence-electron chi connectivity index (χ3n) is 13.5. The van der Waals surface area contributed by atoms with Crippen molar-refractivity contribution >= 4 is 5.91 Å². The van der Waals surface area contributed by atoms with E-state index in [0.29, 0.717) is 19.3 Å². The highest BCUT2D eigenvalue weighted by Gasteiger charge is 2.28. The van der Waals surface area contributed by atoms with E-state index in [2.05, 4.69) is 67.8 Å². The van der Waals surface area contributed by atoms with Crippen molar-refractivity contribution in [2.24, 2.45) is 0 Å². The molecular formula is C60H113NO5. The first-order valence-corrected chi connectivity index (χ1v) is 29.0. The van der Waals surface area contributed by atoms with Crippen molar-refractivity contribution in [3.8, 4) is 0 Å². The summed E-state index contributed by atoms with van der Waals surface area (Å²) in [5.41, 5.74) is 0. The van der Waals surface area contributed by atoms with Gasteiger partial charge in [-0.3, -0.25) is 4.79 Å². The molecule has 0 fully saturated rings. The molecule has 0 rings (SSSR count). The molecule has 66 heavy (non-hydrogen) atoms. The summed E-state index contributed by atoms with van der Waals surface area (Å²) in [4.78, 5) is 12.6. The standard InChI is InChI=1S/C60H113NO5/c1-3-5-7-9-11-13-15-17-19-21-23-24-25-26-27-28-29-30-31-32-33-34-35-36-38-39-41-43-45-47-49-51-53-57(63)59(65)56(55-62)61-60(66)58(64)54-52-50-48-46-44-42-40-37-22-20-18-16-14-12-10-8-6-4-2/h22,33-34,37-39,45,47,56-59,62-65H,3-21,23-32,35-36,40-44,46,48-55H2,1-2H3,(H,61,66)/b34-33+,37-22-,39-38+,47-45+. The van der Waals surface area contributed by atoms with E-state index in [0.717, 1.165) is 64.2 Å². The van der Waals surface area contributed by atoms with E-state index in [4.69, 9.17) is 0 Å². The first-order valence-electron chi connectivity index (χ1n) is 29.0. The summed E-state index contributed by atoms with van der Waals surface area (Å²) in [5, 5.41) is 43.9. The van der Waals surface area contributed by atoms with Gasteiger partial charge in [-0.1, -0.05) is 255 Å². The summed E-state index contributed by atoms with van der Waals surface area (Å²) >= 11 is 0. The predicted octanol–water partition coefficient (Wildman–Crippen LogP) is 17.0. The minimum atomic E-state index is -1.30. The number of carbonyl (C=O) groups excluding carboxylic acids is 1. The lowest BCUT2D eigenvalue weighted by Crippen LogP contribution is -2.53. The van der Waals surface area contributed by atoms with Crippen LogP contribution in [0.15, 0.2) is 48.6 Å². The third kappa shape index (κ3) is 47.3. The zero-order chi connectivity index (χ0) is 48.1. The number of hydrogen-bond acceptors (Lipinski definition) is 5. The van der Waals surface area contributed by atoms with Crippen LogP contribution in [0.1, 0.15) is 296 Å². The van der Waals surface area contributed by atoms with E-state index >= 15 is 0 Å². The van der Waals surface area contributed by atoms with Gasteiger partial charge in [0.05, 0.1) is 18.8 Å². The first-order chi connectivity index (χ1) is 32.5. The van der Waals surface area contributed by atoms with Gasteiger partial charge in [-0.2, -0.15) is 0 Å². The third-order valence-corrected chi connectivity index (χ3v) is 13.5. The van der Waals surface area contributed by atoms with E-state index in [1.54, 1.807) is 0 Å². The fourth-order valence-electron chi connectivity index (χ4n) is 8.90. The SMILES string of the molecule is CCCCCCCCCC/C=C\CCCCCCCCC(O)C(=O)NC(CO)C(O)C(O)CCC/C=C/CC/C=C/CC/C=C/CCCCCCCCCCCCCCCCCCCCC. The molecule has 0 saturated heterocycles. The summed E-state index contributed by atoms with van der Waals surface area (Å²) in [6.07, 6.45) is 69.1. The second-order valence-corrected chi connectivity index (χ2v) is 20.0. The molecule has 0 saturated carbocycles. The molecule has 4 atom stereocenters. The molecule has 0 radical (unpaired) electrons. The van der Waals surface area contributed by atoms with Gasteiger partial charge in [0.2, 0.25) is 5.91 Å². The summed E-state index contributed by atoms with van der Waals surface area (Å²) in [5.74, 6) is -0.603. The maximum atomic E-state index is 12.6. The molecule has 0 aromatic rings. The lowest BCUT2D eigenvalue weighted by molar-refractivity contribution is -0.132. The van der Waals surface area contributed by atoms with Gasteiger partial charge >= 0.3 is 0 Å². The van der Waals surface area contributed by atoms with E-state index in [1.807, 2.05) is 0 Å². The maximum Gasteiger partial charge on any atom is 0.249 e. The van der Waals surface area contributed by atoms with Gasteiger partial charge in [-0.25, -0.2) is 0 Å². The Bertz CT molecular complexity index is 1090. The van der Waals surface area contributed by atoms with Crippen molar-refractivity contribution in [3.63, 3.8) is 0 Å². The number of amides is 1. The second-order valence-electron chi connectivity index (χ2n) is 20.0. The van der Waals surface area contributed by atoms with Crippen molar-refractivity contribution in [1.82, 2.24) is 5.32 Å². The quantitative estimate of drug-likeness (QED) is 0.0308. The van der Waals surface area contributed by atoms with Crippen molar-refractivity contribution in [2.75, 3.05) is 6.61 Å². The molecule has 0 heterocycles. The van der Waals surface area contributed by atoms with E-state index in [1.165, 1.54) is 199 Å². The summed E-state index contributed by atoms with van der Waals surface area (Å²) < 4.78 is 0. The van der Waals surface area contributed by atoms with E-state index in [-0.39, 0.29) is 0 Å². The molecule has 388 valence electrons. The first kappa shape index (κ1) is 64.3. The molecule has 0 aromatic carbocycles. The summed E-state index contributed by atoms with van der Waals surface area (Å²) in [6, 6.07) is -1.02. The number of hydrogen-bond donors (Lipinski definition) is 5. The van der Waals surface area contributed by atoms with Crippen molar-refractivity contribution in [3.05, 3.63) is 48.6 Å². The molecule has 6 nitrogen and oxygen atoms in total. The fourth-order valence-corrected chi connectivity index (χ4v) is 8.90. The Labute approximate surface area is 410 Å². The van der Waals surface area contributed by atoms with Crippen LogP contribution in [0, 0.1) is 0 Å². The minimum absolute atomic E-state index is 0.350. The number of unbranched alkanes of at least 4 members (excludes halogenated alkanes) is 36. The van der Waals surface area contributed by atoms with Crippen molar-refractivity contribution < 1.29 is 25.2 Å². The second kappa shape index (κ2) is 54.2. The average Bonchev–Trinajstić information content (AvgIpc) is 3.32. The lowest BCUT2D eigenvalue weighted by Gasteiger charge is -2.27. The Morgan fingerprint density at radius 2 is 0.636 bits per heavy atom. The Morgan fingerprint density at radius 1 is 0.364 bits per heavy atom. The highest BCUT2D eigenvalue weighted by molar-refractivity contribution is 5.80. The zero-order valence-corrected chi connectivity index (χ0v) is 43.9. The van der Waals surface area contributed by atoms with Crippen LogP contribution >= 0.6 is 0 Å². The molecule has 1 amide bonds. The molecular weight excluding hydrogens is 815 g/mol. The predicted molar refractivity (Wildman–Crippen MR) is 288 cm³/mol. The number of nitrogens with one attached hydrogen (secondary N) is 1. The fraction of sp³-hybridized carbons (Fsp3) is 0.850. The molecule has 0 spiro atoms. The van der Waals surface area contributed by atoms with Crippen LogP contribution in [0.2, 0.25) is 0 Å². The van der Waals surface area contributed by atoms with Crippen molar-refractivity contribution in [1.29, 1.82) is 0 Å². The topological polar surface area (TPSA) is 110 Å². The van der Waals surface area contributed by atoms with Gasteiger partial charge in [0.25, 0.3) is 0 Å². The van der Waals surface area contributed by atoms with E-state index < -0.39 is 36.9 Å². The normalized spacial score (nSPS) is 14.1. The molecule has 4 unspecified atom stereocenters. The smallest absolute Gasteiger partial charge is 0.249 e. The molecule has 0 aliphatic carbocycles. The highest BCUT2D eigenvalue weighted by Crippen LogP contribution is 2.17. The van der Waals surface area contributed by atoms with Gasteiger partial charge < -0.3 is 25.7 Å². The van der Waals surface area contributed by atoms with Gasteiger partial charge in [0.1, 0.15) is 12.2 Å². The number of carbonyl (C=O) groups is 1. The van der Waals surface area contributed by atoms with Gasteiger partial charge in [-0.05, 0) is 89.9 Å². The molecule has 5 N–H and O–H groups in total. The van der Waals surface area contributed by atoms with Crippen LogP contribution in [0.3, 0.4) is 0 Å². The van der Waals surface area contributed by atoms with Crippen molar-refractivity contribution in [2.45, 2.75) is 321 Å². The van der Waals surface area contributed by atoms with Crippen LogP contribution in [0.5, 0.6) is 0 Å². The Balaban J connectivity index is 3.69. The van der Waals surface area contributed by atoms with Gasteiger partial charge in [0, 0.05) is 0 Å². The minimum Gasteiger partial charge on any atom is -0.394 e. The highest BCUT2D eigenvalue weighted by atomic mass is 16.3.